The molecule has 0 amide bonds. The van der Waals surface area contributed by atoms with Gasteiger partial charge in [-0.15, -0.1) is 0 Å². The molecule has 0 saturated heterocycles. The van der Waals surface area contributed by atoms with Gasteiger partial charge in [0.15, 0.2) is 0 Å². The van der Waals surface area contributed by atoms with Crippen molar-refractivity contribution in [3.63, 3.8) is 0 Å². The number of benzene rings is 1. The quantitative estimate of drug-likeness (QED) is 0.488. The number of nitro groups is 1. The number of methoxy groups -OCH3 is 1. The molecule has 0 aliphatic carbocycles. The standard InChI is InChI=1S/C11H8BrN3O4/c1-18-7-2-3-8(15(16)17)9(4-7)19-11-5-10(12)13-6-14-11/h2-6H,1H3. The van der Waals surface area contributed by atoms with Crippen LogP contribution in [0.3, 0.4) is 0 Å². The molecule has 8 heteroatoms. The van der Waals surface area contributed by atoms with Crippen molar-refractivity contribution in [2.45, 2.75) is 0 Å². The van der Waals surface area contributed by atoms with Gasteiger partial charge < -0.3 is 9.47 Å². The van der Waals surface area contributed by atoms with Crippen LogP contribution in [0, 0.1) is 10.1 Å². The van der Waals surface area contributed by atoms with Crippen molar-refractivity contribution in [1.82, 2.24) is 9.97 Å². The Morgan fingerprint density at radius 3 is 2.74 bits per heavy atom. The lowest BCUT2D eigenvalue weighted by Crippen LogP contribution is -1.96. The van der Waals surface area contributed by atoms with E-state index in [2.05, 4.69) is 25.9 Å². The summed E-state index contributed by atoms with van der Waals surface area (Å²) >= 11 is 3.16. The lowest BCUT2D eigenvalue weighted by atomic mass is 10.3. The zero-order valence-electron chi connectivity index (χ0n) is 9.74. The van der Waals surface area contributed by atoms with Gasteiger partial charge in [0.25, 0.3) is 0 Å². The van der Waals surface area contributed by atoms with Gasteiger partial charge in [-0.3, -0.25) is 10.1 Å². The number of aromatic nitrogens is 2. The molecule has 0 bridgehead atoms. The molecule has 1 aromatic heterocycles. The molecule has 0 radical (unpaired) electrons. The molecular formula is C11H8BrN3O4. The molecule has 0 N–H and O–H groups in total. The molecule has 0 unspecified atom stereocenters. The molecule has 7 nitrogen and oxygen atoms in total. The maximum Gasteiger partial charge on any atom is 0.311 e. The summed E-state index contributed by atoms with van der Waals surface area (Å²) in [6.45, 7) is 0. The van der Waals surface area contributed by atoms with Crippen LogP contribution in [0.1, 0.15) is 0 Å². The van der Waals surface area contributed by atoms with Crippen molar-refractivity contribution in [2.75, 3.05) is 7.11 Å². The molecule has 19 heavy (non-hydrogen) atoms. The molecule has 2 aromatic rings. The highest BCUT2D eigenvalue weighted by molar-refractivity contribution is 9.10. The predicted octanol–water partition coefficient (Wildman–Crippen LogP) is 2.95. The van der Waals surface area contributed by atoms with Gasteiger partial charge in [-0.25, -0.2) is 9.97 Å². The van der Waals surface area contributed by atoms with E-state index in [9.17, 15) is 10.1 Å². The third-order valence-corrected chi connectivity index (χ3v) is 2.62. The minimum absolute atomic E-state index is 0.0509. The van der Waals surface area contributed by atoms with Crippen LogP contribution in [0.2, 0.25) is 0 Å². The first kappa shape index (κ1) is 13.2. The van der Waals surface area contributed by atoms with E-state index in [0.717, 1.165) is 0 Å². The Balaban J connectivity index is 2.39. The Bertz CT molecular complexity index is 621. The summed E-state index contributed by atoms with van der Waals surface area (Å²) in [5.74, 6) is 0.696. The number of halogens is 1. The number of hydrogen-bond donors (Lipinski definition) is 0. The third kappa shape index (κ3) is 3.16. The molecular weight excluding hydrogens is 318 g/mol. The number of ether oxygens (including phenoxy) is 2. The van der Waals surface area contributed by atoms with Crippen molar-refractivity contribution >= 4 is 21.6 Å². The molecule has 98 valence electrons. The van der Waals surface area contributed by atoms with Crippen LogP contribution in [-0.2, 0) is 0 Å². The van der Waals surface area contributed by atoms with Crippen molar-refractivity contribution in [3.05, 3.63) is 45.3 Å². The largest absolute Gasteiger partial charge is 0.497 e. The van der Waals surface area contributed by atoms with Crippen molar-refractivity contribution < 1.29 is 14.4 Å². The average Bonchev–Trinajstić information content (AvgIpc) is 2.38. The smallest absolute Gasteiger partial charge is 0.311 e. The molecule has 0 fully saturated rings. The molecule has 0 saturated carbocycles. The van der Waals surface area contributed by atoms with E-state index in [0.29, 0.717) is 10.4 Å². The van der Waals surface area contributed by atoms with Crippen LogP contribution >= 0.6 is 15.9 Å². The summed E-state index contributed by atoms with van der Waals surface area (Å²) < 4.78 is 10.9. The van der Waals surface area contributed by atoms with Gasteiger partial charge in [0.2, 0.25) is 11.6 Å². The summed E-state index contributed by atoms with van der Waals surface area (Å²) in [7, 11) is 1.46. The summed E-state index contributed by atoms with van der Waals surface area (Å²) in [6.07, 6.45) is 1.28. The van der Waals surface area contributed by atoms with Gasteiger partial charge in [0.05, 0.1) is 12.0 Å². The van der Waals surface area contributed by atoms with Gasteiger partial charge in [-0.2, -0.15) is 0 Å². The monoisotopic (exact) mass is 325 g/mol. The third-order valence-electron chi connectivity index (χ3n) is 2.19. The molecule has 1 heterocycles. The lowest BCUT2D eigenvalue weighted by molar-refractivity contribution is -0.385. The summed E-state index contributed by atoms with van der Waals surface area (Å²) in [6, 6.07) is 5.72. The average molecular weight is 326 g/mol. The Hall–Kier alpha value is -2.22. The normalized spacial score (nSPS) is 10.0. The van der Waals surface area contributed by atoms with Crippen LogP contribution in [0.4, 0.5) is 5.69 Å². The van der Waals surface area contributed by atoms with E-state index in [1.807, 2.05) is 0 Å². The summed E-state index contributed by atoms with van der Waals surface area (Å²) in [5.41, 5.74) is -0.171. The number of nitro benzene ring substituents is 1. The highest BCUT2D eigenvalue weighted by atomic mass is 79.9. The van der Waals surface area contributed by atoms with Crippen molar-refractivity contribution in [1.29, 1.82) is 0 Å². The van der Waals surface area contributed by atoms with E-state index in [4.69, 9.17) is 9.47 Å². The van der Waals surface area contributed by atoms with Gasteiger partial charge in [-0.05, 0) is 22.0 Å². The Kier molecular flexibility index (Phi) is 3.91. The topological polar surface area (TPSA) is 87.4 Å². The summed E-state index contributed by atoms with van der Waals surface area (Å²) in [5, 5.41) is 10.9. The number of hydrogen-bond acceptors (Lipinski definition) is 6. The number of nitrogens with zero attached hydrogens (tertiary/aromatic N) is 3. The van der Waals surface area contributed by atoms with Crippen LogP contribution in [0.5, 0.6) is 17.4 Å². The van der Waals surface area contributed by atoms with E-state index in [1.165, 1.54) is 37.7 Å². The first-order chi connectivity index (χ1) is 9.10. The molecule has 0 aliphatic rings. The lowest BCUT2D eigenvalue weighted by Gasteiger charge is -2.07. The van der Waals surface area contributed by atoms with E-state index >= 15 is 0 Å². The van der Waals surface area contributed by atoms with Gasteiger partial charge in [-0.1, -0.05) is 0 Å². The molecule has 0 spiro atoms. The molecule has 0 atom stereocenters. The Morgan fingerprint density at radius 1 is 1.32 bits per heavy atom. The fraction of sp³-hybridized carbons (Fsp3) is 0.0909. The molecule has 0 aliphatic heterocycles. The second-order valence-electron chi connectivity index (χ2n) is 3.37. The van der Waals surface area contributed by atoms with Crippen LogP contribution < -0.4 is 9.47 Å². The fourth-order valence-corrected chi connectivity index (χ4v) is 1.63. The van der Waals surface area contributed by atoms with Gasteiger partial charge >= 0.3 is 5.69 Å². The first-order valence-corrected chi connectivity index (χ1v) is 5.87. The van der Waals surface area contributed by atoms with Gasteiger partial charge in [0, 0.05) is 18.2 Å². The Labute approximate surface area is 116 Å². The molecule has 2 rings (SSSR count). The second kappa shape index (κ2) is 5.61. The van der Waals surface area contributed by atoms with E-state index in [-0.39, 0.29) is 17.3 Å². The van der Waals surface area contributed by atoms with E-state index < -0.39 is 4.92 Å². The highest BCUT2D eigenvalue weighted by Gasteiger charge is 2.17. The SMILES string of the molecule is COc1ccc([N+](=O)[O-])c(Oc2cc(Br)ncn2)c1. The predicted molar refractivity (Wildman–Crippen MR) is 69.5 cm³/mol. The van der Waals surface area contributed by atoms with E-state index in [1.54, 1.807) is 0 Å². The van der Waals surface area contributed by atoms with Gasteiger partial charge in [0.1, 0.15) is 16.7 Å². The zero-order chi connectivity index (χ0) is 13.8. The van der Waals surface area contributed by atoms with Crippen LogP contribution in [-0.4, -0.2) is 22.0 Å². The molecule has 1 aromatic carbocycles. The fourth-order valence-electron chi connectivity index (χ4n) is 1.34. The summed E-state index contributed by atoms with van der Waals surface area (Å²) in [4.78, 5) is 18.1. The maximum absolute atomic E-state index is 10.9. The van der Waals surface area contributed by atoms with Crippen molar-refractivity contribution in [3.8, 4) is 17.4 Å². The van der Waals surface area contributed by atoms with Crippen LogP contribution in [0.15, 0.2) is 35.2 Å². The highest BCUT2D eigenvalue weighted by Crippen LogP contribution is 2.34. The van der Waals surface area contributed by atoms with Crippen molar-refractivity contribution in [2.24, 2.45) is 0 Å². The maximum atomic E-state index is 10.9. The zero-order valence-corrected chi connectivity index (χ0v) is 11.3. The number of rotatable bonds is 4. The Morgan fingerprint density at radius 2 is 2.11 bits per heavy atom. The van der Waals surface area contributed by atoms with Crippen LogP contribution in [0.25, 0.3) is 0 Å². The second-order valence-corrected chi connectivity index (χ2v) is 4.18. The minimum Gasteiger partial charge on any atom is -0.497 e. The first-order valence-electron chi connectivity index (χ1n) is 5.08. The minimum atomic E-state index is -0.537.